The van der Waals surface area contributed by atoms with Crippen LogP contribution < -0.4 is 16.0 Å². The fourth-order valence-corrected chi connectivity index (χ4v) is 1.62. The zero-order chi connectivity index (χ0) is 16.8. The first-order valence-electron chi connectivity index (χ1n) is 7.50. The van der Waals surface area contributed by atoms with E-state index in [1.807, 2.05) is 26.8 Å². The molecule has 6 nitrogen and oxygen atoms in total. The summed E-state index contributed by atoms with van der Waals surface area (Å²) >= 11 is 0. The highest BCUT2D eigenvalue weighted by Gasteiger charge is 2.16. The summed E-state index contributed by atoms with van der Waals surface area (Å²) in [5.41, 5.74) is 0.498. The number of ether oxygens (including phenoxy) is 1. The number of carbonyl (C=O) groups is 1. The molecule has 0 bridgehead atoms. The lowest BCUT2D eigenvalue weighted by atomic mass is 10.1. The molecule has 0 saturated carbocycles. The van der Waals surface area contributed by atoms with Gasteiger partial charge in [-0.05, 0) is 53.7 Å². The molecular weight excluding hydrogens is 280 g/mol. The standard InChI is InChI=1S/C16H28N4O2/c1-15(2,3)19-10-9-17-12-7-8-13(18-11-12)20-14(21)22-16(4,5)6/h7-8,11,17,19H,9-10H2,1-6H3,(H,18,20,21). The second-order valence-electron chi connectivity index (χ2n) is 7.16. The lowest BCUT2D eigenvalue weighted by Gasteiger charge is -2.20. The number of amides is 1. The molecule has 0 saturated heterocycles. The van der Waals surface area contributed by atoms with E-state index >= 15 is 0 Å². The third-order valence-corrected chi connectivity index (χ3v) is 2.50. The number of anilines is 2. The van der Waals surface area contributed by atoms with Gasteiger partial charge in [0.25, 0.3) is 0 Å². The van der Waals surface area contributed by atoms with Crippen molar-refractivity contribution in [1.82, 2.24) is 10.3 Å². The molecule has 0 aliphatic heterocycles. The Morgan fingerprint density at radius 1 is 1.14 bits per heavy atom. The second kappa shape index (κ2) is 7.45. The number of hydrogen-bond donors (Lipinski definition) is 3. The Balaban J connectivity index is 2.38. The number of pyridine rings is 1. The summed E-state index contributed by atoms with van der Waals surface area (Å²) in [5.74, 6) is 0.465. The molecule has 6 heteroatoms. The van der Waals surface area contributed by atoms with Crippen molar-refractivity contribution in [3.63, 3.8) is 0 Å². The Bertz CT molecular complexity index is 472. The number of carbonyl (C=O) groups excluding carboxylic acids is 1. The van der Waals surface area contributed by atoms with Crippen LogP contribution in [0.3, 0.4) is 0 Å². The Morgan fingerprint density at radius 3 is 2.32 bits per heavy atom. The molecule has 0 aliphatic carbocycles. The molecule has 124 valence electrons. The van der Waals surface area contributed by atoms with Gasteiger partial charge in [0.2, 0.25) is 0 Å². The molecule has 1 aromatic rings. The third kappa shape index (κ3) is 8.46. The normalized spacial score (nSPS) is 11.9. The number of aromatic nitrogens is 1. The van der Waals surface area contributed by atoms with E-state index in [0.717, 1.165) is 18.8 Å². The monoisotopic (exact) mass is 308 g/mol. The maximum absolute atomic E-state index is 11.6. The van der Waals surface area contributed by atoms with Gasteiger partial charge >= 0.3 is 6.09 Å². The number of rotatable bonds is 5. The van der Waals surface area contributed by atoms with Gasteiger partial charge in [-0.15, -0.1) is 0 Å². The van der Waals surface area contributed by atoms with Crippen molar-refractivity contribution in [3.8, 4) is 0 Å². The van der Waals surface area contributed by atoms with E-state index in [1.165, 1.54) is 0 Å². The van der Waals surface area contributed by atoms with Crippen molar-refractivity contribution < 1.29 is 9.53 Å². The molecule has 0 spiro atoms. The molecule has 1 amide bonds. The largest absolute Gasteiger partial charge is 0.444 e. The molecule has 0 unspecified atom stereocenters. The van der Waals surface area contributed by atoms with Gasteiger partial charge in [0, 0.05) is 18.6 Å². The molecular formula is C16H28N4O2. The van der Waals surface area contributed by atoms with Crippen molar-refractivity contribution in [1.29, 1.82) is 0 Å². The van der Waals surface area contributed by atoms with Gasteiger partial charge in [-0.1, -0.05) is 0 Å². The van der Waals surface area contributed by atoms with E-state index in [0.29, 0.717) is 5.82 Å². The van der Waals surface area contributed by atoms with Crippen molar-refractivity contribution in [2.75, 3.05) is 23.7 Å². The molecule has 1 aromatic heterocycles. The average Bonchev–Trinajstić information content (AvgIpc) is 2.33. The van der Waals surface area contributed by atoms with Gasteiger partial charge < -0.3 is 15.4 Å². The van der Waals surface area contributed by atoms with Crippen LogP contribution in [0.25, 0.3) is 0 Å². The molecule has 1 rings (SSSR count). The quantitative estimate of drug-likeness (QED) is 0.728. The third-order valence-electron chi connectivity index (χ3n) is 2.50. The maximum atomic E-state index is 11.6. The van der Waals surface area contributed by atoms with Crippen LogP contribution >= 0.6 is 0 Å². The first-order chi connectivity index (χ1) is 10.1. The van der Waals surface area contributed by atoms with Crippen molar-refractivity contribution >= 4 is 17.6 Å². The lowest BCUT2D eigenvalue weighted by molar-refractivity contribution is 0.0635. The van der Waals surface area contributed by atoms with Crippen LogP contribution in [0.5, 0.6) is 0 Å². The van der Waals surface area contributed by atoms with Crippen LogP contribution in [0.15, 0.2) is 18.3 Å². The number of nitrogens with one attached hydrogen (secondary N) is 3. The average molecular weight is 308 g/mol. The van der Waals surface area contributed by atoms with Gasteiger partial charge in [0.15, 0.2) is 0 Å². The molecule has 0 aliphatic rings. The molecule has 0 radical (unpaired) electrons. The lowest BCUT2D eigenvalue weighted by Crippen LogP contribution is -2.38. The first kappa shape index (κ1) is 18.2. The van der Waals surface area contributed by atoms with Crippen LogP contribution in [0.2, 0.25) is 0 Å². The summed E-state index contributed by atoms with van der Waals surface area (Å²) in [5, 5.41) is 9.26. The smallest absolute Gasteiger partial charge is 0.413 e. The van der Waals surface area contributed by atoms with E-state index < -0.39 is 11.7 Å². The van der Waals surface area contributed by atoms with Crippen molar-refractivity contribution in [3.05, 3.63) is 18.3 Å². The van der Waals surface area contributed by atoms with Crippen LogP contribution in [-0.4, -0.2) is 35.3 Å². The minimum atomic E-state index is -0.522. The van der Waals surface area contributed by atoms with Crippen molar-refractivity contribution in [2.24, 2.45) is 0 Å². The highest BCUT2D eigenvalue weighted by atomic mass is 16.6. The summed E-state index contributed by atoms with van der Waals surface area (Å²) in [6.45, 7) is 13.5. The number of hydrogen-bond acceptors (Lipinski definition) is 5. The van der Waals surface area contributed by atoms with Gasteiger partial charge in [0.05, 0.1) is 11.9 Å². The molecule has 22 heavy (non-hydrogen) atoms. The zero-order valence-electron chi connectivity index (χ0n) is 14.4. The summed E-state index contributed by atoms with van der Waals surface area (Å²) in [6, 6.07) is 3.61. The summed E-state index contributed by atoms with van der Waals surface area (Å²) < 4.78 is 5.17. The molecule has 0 aromatic carbocycles. The minimum Gasteiger partial charge on any atom is -0.444 e. The van der Waals surface area contributed by atoms with Gasteiger partial charge in [0.1, 0.15) is 11.4 Å². The zero-order valence-corrected chi connectivity index (χ0v) is 14.4. The van der Waals surface area contributed by atoms with Gasteiger partial charge in [-0.2, -0.15) is 0 Å². The second-order valence-corrected chi connectivity index (χ2v) is 7.16. The fraction of sp³-hybridized carbons (Fsp3) is 0.625. The summed E-state index contributed by atoms with van der Waals surface area (Å²) in [6.07, 6.45) is 1.18. The van der Waals surface area contributed by atoms with E-state index in [4.69, 9.17) is 4.74 Å². The molecule has 0 fully saturated rings. The highest BCUT2D eigenvalue weighted by Crippen LogP contribution is 2.12. The minimum absolute atomic E-state index is 0.112. The Morgan fingerprint density at radius 2 is 1.82 bits per heavy atom. The SMILES string of the molecule is CC(C)(C)NCCNc1ccc(NC(=O)OC(C)(C)C)nc1. The van der Waals surface area contributed by atoms with Crippen LogP contribution in [0.1, 0.15) is 41.5 Å². The van der Waals surface area contributed by atoms with E-state index in [1.54, 1.807) is 12.3 Å². The molecule has 0 atom stereocenters. The fourth-order valence-electron chi connectivity index (χ4n) is 1.62. The van der Waals surface area contributed by atoms with Crippen LogP contribution in [0.4, 0.5) is 16.3 Å². The van der Waals surface area contributed by atoms with E-state index in [-0.39, 0.29) is 5.54 Å². The van der Waals surface area contributed by atoms with Gasteiger partial charge in [-0.3, -0.25) is 5.32 Å². The topological polar surface area (TPSA) is 75.3 Å². The predicted octanol–water partition coefficient (Wildman–Crippen LogP) is 3.23. The number of nitrogens with zero attached hydrogens (tertiary/aromatic N) is 1. The first-order valence-corrected chi connectivity index (χ1v) is 7.50. The van der Waals surface area contributed by atoms with E-state index in [9.17, 15) is 4.79 Å². The van der Waals surface area contributed by atoms with Crippen LogP contribution in [-0.2, 0) is 4.74 Å². The summed E-state index contributed by atoms with van der Waals surface area (Å²) in [7, 11) is 0. The van der Waals surface area contributed by atoms with E-state index in [2.05, 4.69) is 41.7 Å². The predicted molar refractivity (Wildman–Crippen MR) is 90.3 cm³/mol. The Kier molecular flexibility index (Phi) is 6.17. The summed E-state index contributed by atoms with van der Waals surface area (Å²) in [4.78, 5) is 15.8. The maximum Gasteiger partial charge on any atom is 0.413 e. The highest BCUT2D eigenvalue weighted by molar-refractivity contribution is 5.83. The van der Waals surface area contributed by atoms with Gasteiger partial charge in [-0.25, -0.2) is 9.78 Å². The van der Waals surface area contributed by atoms with Crippen LogP contribution in [0, 0.1) is 0 Å². The van der Waals surface area contributed by atoms with Crippen molar-refractivity contribution in [2.45, 2.75) is 52.7 Å². The molecule has 3 N–H and O–H groups in total. The Hall–Kier alpha value is -1.82. The molecule has 1 heterocycles. The Labute approximate surface area is 133 Å².